The molecule has 0 N–H and O–H groups in total. The molecule has 0 saturated carbocycles. The lowest BCUT2D eigenvalue weighted by Gasteiger charge is -2.12. The van der Waals surface area contributed by atoms with Gasteiger partial charge in [-0.2, -0.15) is 0 Å². The smallest absolute Gasteiger partial charge is 0.305 e. The molecule has 0 saturated heterocycles. The molecule has 2 rings (SSSR count). The average Bonchev–Trinajstić information content (AvgIpc) is 2.65. The van der Waals surface area contributed by atoms with Gasteiger partial charge >= 0.3 is 5.97 Å². The fourth-order valence-electron chi connectivity index (χ4n) is 2.66. The van der Waals surface area contributed by atoms with E-state index in [1.54, 1.807) is 7.11 Å². The van der Waals surface area contributed by atoms with E-state index < -0.39 is 0 Å². The Hall–Kier alpha value is -2.55. The molecule has 2 aromatic carbocycles. The molecule has 0 spiro atoms. The third-order valence-corrected chi connectivity index (χ3v) is 4.21. The first-order chi connectivity index (χ1) is 12.0. The second-order valence-electron chi connectivity index (χ2n) is 6.24. The summed E-state index contributed by atoms with van der Waals surface area (Å²) in [5, 5.41) is 0. The molecule has 0 unspecified atom stereocenters. The Balaban J connectivity index is 2.33. The van der Waals surface area contributed by atoms with Crippen LogP contribution in [-0.2, 0) is 9.53 Å². The molecule has 0 aliphatic rings. The molecule has 0 heterocycles. The summed E-state index contributed by atoms with van der Waals surface area (Å²) in [5.41, 5.74) is 4.66. The van der Waals surface area contributed by atoms with Gasteiger partial charge in [0.2, 0.25) is 0 Å². The number of carbonyl (C=O) groups is 1. The largest absolute Gasteiger partial charge is 0.497 e. The van der Waals surface area contributed by atoms with Crippen LogP contribution in [0.25, 0.3) is 5.57 Å². The van der Waals surface area contributed by atoms with E-state index in [1.165, 1.54) is 12.7 Å². The van der Waals surface area contributed by atoms with Crippen molar-refractivity contribution in [2.24, 2.45) is 0 Å². The normalized spacial score (nSPS) is 11.5. The van der Waals surface area contributed by atoms with E-state index in [0.29, 0.717) is 18.8 Å². The van der Waals surface area contributed by atoms with Crippen LogP contribution in [0.3, 0.4) is 0 Å². The van der Waals surface area contributed by atoms with E-state index in [-0.39, 0.29) is 5.97 Å². The van der Waals surface area contributed by atoms with Gasteiger partial charge in [0.25, 0.3) is 0 Å². The molecule has 0 atom stereocenters. The highest BCUT2D eigenvalue weighted by atomic mass is 16.5. The summed E-state index contributed by atoms with van der Waals surface area (Å²) in [7, 11) is 3.08. The Morgan fingerprint density at radius 3 is 2.00 bits per heavy atom. The van der Waals surface area contributed by atoms with E-state index in [2.05, 4.69) is 44.2 Å². The van der Waals surface area contributed by atoms with Gasteiger partial charge in [0.1, 0.15) is 5.75 Å². The van der Waals surface area contributed by atoms with Crippen molar-refractivity contribution in [3.05, 3.63) is 71.3 Å². The molecule has 0 radical (unpaired) electrons. The number of allylic oxidation sites excluding steroid dienone is 1. The average molecular weight is 338 g/mol. The van der Waals surface area contributed by atoms with Crippen LogP contribution in [0, 0.1) is 0 Å². The molecule has 0 aliphatic heterocycles. The summed E-state index contributed by atoms with van der Waals surface area (Å²) >= 11 is 0. The molecule has 3 heteroatoms. The number of rotatable bonds is 7. The predicted octanol–water partition coefficient (Wildman–Crippen LogP) is 5.20. The van der Waals surface area contributed by atoms with Crippen LogP contribution in [0.15, 0.2) is 54.6 Å². The van der Waals surface area contributed by atoms with Gasteiger partial charge in [0.05, 0.1) is 14.2 Å². The quantitative estimate of drug-likeness (QED) is 0.651. The van der Waals surface area contributed by atoms with Crippen LogP contribution in [0.2, 0.25) is 0 Å². The standard InChI is InChI=1S/C22H26O3/c1-16(2)17-8-10-18(11-9-17)21(6-5-7-22(23)25-4)19-12-14-20(24-3)15-13-19/h6,8-16H,5,7H2,1-4H3/b21-6+. The SMILES string of the molecule is COC(=O)CC/C=C(/c1ccc(OC)cc1)c1ccc(C(C)C)cc1. The van der Waals surface area contributed by atoms with Crippen molar-refractivity contribution in [1.29, 1.82) is 0 Å². The molecule has 0 fully saturated rings. The van der Waals surface area contributed by atoms with Crippen molar-refractivity contribution < 1.29 is 14.3 Å². The molecule has 25 heavy (non-hydrogen) atoms. The highest BCUT2D eigenvalue weighted by molar-refractivity contribution is 5.80. The van der Waals surface area contributed by atoms with Gasteiger partial charge in [0, 0.05) is 6.42 Å². The van der Waals surface area contributed by atoms with Crippen molar-refractivity contribution in [3.63, 3.8) is 0 Å². The highest BCUT2D eigenvalue weighted by Crippen LogP contribution is 2.27. The van der Waals surface area contributed by atoms with Crippen molar-refractivity contribution in [2.75, 3.05) is 14.2 Å². The second-order valence-corrected chi connectivity index (χ2v) is 6.24. The van der Waals surface area contributed by atoms with E-state index in [0.717, 1.165) is 22.4 Å². The fraction of sp³-hybridized carbons (Fsp3) is 0.318. The maximum atomic E-state index is 11.4. The molecule has 3 nitrogen and oxygen atoms in total. The third kappa shape index (κ3) is 5.21. The summed E-state index contributed by atoms with van der Waals surface area (Å²) < 4.78 is 9.97. The van der Waals surface area contributed by atoms with Crippen molar-refractivity contribution >= 4 is 11.5 Å². The fourth-order valence-corrected chi connectivity index (χ4v) is 2.66. The van der Waals surface area contributed by atoms with E-state index in [4.69, 9.17) is 9.47 Å². The van der Waals surface area contributed by atoms with Crippen LogP contribution >= 0.6 is 0 Å². The van der Waals surface area contributed by atoms with Gasteiger partial charge in [-0.15, -0.1) is 0 Å². The molecular formula is C22H26O3. The maximum Gasteiger partial charge on any atom is 0.305 e. The summed E-state index contributed by atoms with van der Waals surface area (Å²) in [6, 6.07) is 16.6. The van der Waals surface area contributed by atoms with E-state index in [9.17, 15) is 4.79 Å². The van der Waals surface area contributed by atoms with Gasteiger partial charge in [-0.05, 0) is 46.7 Å². The first-order valence-corrected chi connectivity index (χ1v) is 8.57. The Labute approximate surface area is 150 Å². The van der Waals surface area contributed by atoms with Crippen LogP contribution in [0.1, 0.15) is 49.3 Å². The summed E-state index contributed by atoms with van der Waals surface area (Å²) in [6.07, 6.45) is 3.11. The van der Waals surface area contributed by atoms with E-state index in [1.807, 2.05) is 24.3 Å². The molecule has 2 aromatic rings. The Bertz CT molecular complexity index is 710. The predicted molar refractivity (Wildman–Crippen MR) is 102 cm³/mol. The van der Waals surface area contributed by atoms with Crippen molar-refractivity contribution in [3.8, 4) is 5.75 Å². The zero-order valence-corrected chi connectivity index (χ0v) is 15.4. The van der Waals surface area contributed by atoms with Crippen LogP contribution in [0.5, 0.6) is 5.75 Å². The summed E-state index contributed by atoms with van der Waals surface area (Å²) in [5.74, 6) is 1.13. The van der Waals surface area contributed by atoms with Crippen molar-refractivity contribution in [1.82, 2.24) is 0 Å². The first-order valence-electron chi connectivity index (χ1n) is 8.57. The van der Waals surface area contributed by atoms with Gasteiger partial charge in [-0.1, -0.05) is 56.3 Å². The molecule has 132 valence electrons. The molecule has 0 amide bonds. The van der Waals surface area contributed by atoms with E-state index >= 15 is 0 Å². The first kappa shape index (κ1) is 18.8. The lowest BCUT2D eigenvalue weighted by atomic mass is 9.94. The number of carbonyl (C=O) groups excluding carboxylic acids is 1. The summed E-state index contributed by atoms with van der Waals surface area (Å²) in [4.78, 5) is 11.4. The van der Waals surface area contributed by atoms with Crippen LogP contribution in [-0.4, -0.2) is 20.2 Å². The lowest BCUT2D eigenvalue weighted by Crippen LogP contribution is -1.99. The number of hydrogen-bond acceptors (Lipinski definition) is 3. The Morgan fingerprint density at radius 1 is 0.960 bits per heavy atom. The van der Waals surface area contributed by atoms with Crippen molar-refractivity contribution in [2.45, 2.75) is 32.6 Å². The monoisotopic (exact) mass is 338 g/mol. The van der Waals surface area contributed by atoms with Gasteiger partial charge in [-0.25, -0.2) is 0 Å². The second kappa shape index (κ2) is 9.07. The van der Waals surface area contributed by atoms with Crippen LogP contribution < -0.4 is 4.74 Å². The maximum absolute atomic E-state index is 11.4. The van der Waals surface area contributed by atoms with Gasteiger partial charge < -0.3 is 9.47 Å². The lowest BCUT2D eigenvalue weighted by molar-refractivity contribution is -0.140. The number of ether oxygens (including phenoxy) is 2. The highest BCUT2D eigenvalue weighted by Gasteiger charge is 2.08. The number of benzene rings is 2. The topological polar surface area (TPSA) is 35.5 Å². The number of esters is 1. The molecule has 0 bridgehead atoms. The Kier molecular flexibility index (Phi) is 6.81. The minimum absolute atomic E-state index is 0.194. The molecule has 0 aliphatic carbocycles. The van der Waals surface area contributed by atoms with Gasteiger partial charge in [0.15, 0.2) is 0 Å². The third-order valence-electron chi connectivity index (χ3n) is 4.21. The minimum Gasteiger partial charge on any atom is -0.497 e. The zero-order valence-electron chi connectivity index (χ0n) is 15.4. The Morgan fingerprint density at radius 2 is 1.52 bits per heavy atom. The van der Waals surface area contributed by atoms with Gasteiger partial charge in [-0.3, -0.25) is 4.79 Å². The number of methoxy groups -OCH3 is 2. The number of hydrogen-bond donors (Lipinski definition) is 0. The zero-order chi connectivity index (χ0) is 18.2. The molecule has 0 aromatic heterocycles. The molecular weight excluding hydrogens is 312 g/mol. The minimum atomic E-state index is -0.194. The summed E-state index contributed by atoms with van der Waals surface area (Å²) in [6.45, 7) is 4.37. The van der Waals surface area contributed by atoms with Crippen LogP contribution in [0.4, 0.5) is 0 Å².